The molecule has 1 aliphatic rings. The van der Waals surface area contributed by atoms with Gasteiger partial charge in [-0.05, 0) is 43.9 Å². The Morgan fingerprint density at radius 1 is 1.12 bits per heavy atom. The molecule has 1 N–H and O–H groups in total. The number of nitrogens with one attached hydrogen (secondary N) is 1. The van der Waals surface area contributed by atoms with Crippen LogP contribution in [0.2, 0.25) is 0 Å². The van der Waals surface area contributed by atoms with E-state index in [0.717, 1.165) is 38.5 Å². The van der Waals surface area contributed by atoms with E-state index >= 15 is 0 Å². The van der Waals surface area contributed by atoms with Gasteiger partial charge in [0.15, 0.2) is 0 Å². The lowest BCUT2D eigenvalue weighted by atomic mass is 9.96. The Morgan fingerprint density at radius 3 is 2.36 bits per heavy atom. The highest BCUT2D eigenvalue weighted by atomic mass is 32.2. The minimum atomic E-state index is -3.59. The van der Waals surface area contributed by atoms with Crippen molar-refractivity contribution in [1.82, 2.24) is 9.62 Å². The minimum Gasteiger partial charge on any atom is -0.339 e. The molecule has 0 saturated heterocycles. The van der Waals surface area contributed by atoms with Crippen LogP contribution in [-0.4, -0.2) is 38.4 Å². The summed E-state index contributed by atoms with van der Waals surface area (Å²) < 4.78 is 28.1. The third-order valence-electron chi connectivity index (χ3n) is 4.59. The summed E-state index contributed by atoms with van der Waals surface area (Å²) in [7, 11) is -3.59. The zero-order valence-corrected chi connectivity index (χ0v) is 16.1. The molecule has 1 saturated carbocycles. The number of carbonyl (C=O) groups excluding carboxylic acids is 1. The second kappa shape index (κ2) is 9.34. The summed E-state index contributed by atoms with van der Waals surface area (Å²) in [5.74, 6) is -0.0987. The summed E-state index contributed by atoms with van der Waals surface area (Å²) in [6, 6.07) is 6.42. The van der Waals surface area contributed by atoms with Crippen LogP contribution < -0.4 is 4.72 Å². The first-order valence-electron chi connectivity index (χ1n) is 9.39. The van der Waals surface area contributed by atoms with Crippen molar-refractivity contribution in [1.29, 1.82) is 0 Å². The van der Waals surface area contributed by atoms with E-state index in [9.17, 15) is 13.2 Å². The van der Waals surface area contributed by atoms with Crippen molar-refractivity contribution in [2.75, 3.05) is 13.1 Å². The molecular weight excluding hydrogens is 336 g/mol. The third-order valence-corrected chi connectivity index (χ3v) is 6.11. The lowest BCUT2D eigenvalue weighted by molar-refractivity contribution is 0.0755. The third kappa shape index (κ3) is 5.54. The number of carbonyl (C=O) groups is 1. The quantitative estimate of drug-likeness (QED) is 0.765. The Labute approximate surface area is 151 Å². The summed E-state index contributed by atoms with van der Waals surface area (Å²) in [4.78, 5) is 14.7. The van der Waals surface area contributed by atoms with Crippen molar-refractivity contribution in [3.05, 3.63) is 29.8 Å². The molecule has 0 aromatic heterocycles. The molecule has 0 heterocycles. The van der Waals surface area contributed by atoms with Crippen molar-refractivity contribution in [2.24, 2.45) is 0 Å². The molecule has 0 aliphatic heterocycles. The van der Waals surface area contributed by atoms with Gasteiger partial charge in [0.1, 0.15) is 0 Å². The molecular formula is C19H30N2O3S. The van der Waals surface area contributed by atoms with E-state index in [1.54, 1.807) is 23.1 Å². The molecule has 1 aromatic rings. The van der Waals surface area contributed by atoms with Crippen LogP contribution in [0.15, 0.2) is 29.2 Å². The zero-order valence-electron chi connectivity index (χ0n) is 15.3. The maximum atomic E-state index is 12.7. The van der Waals surface area contributed by atoms with E-state index in [1.807, 2.05) is 13.8 Å². The highest BCUT2D eigenvalue weighted by Gasteiger charge is 2.23. The highest BCUT2D eigenvalue weighted by molar-refractivity contribution is 7.89. The number of amides is 1. The van der Waals surface area contributed by atoms with Gasteiger partial charge in [0.2, 0.25) is 10.0 Å². The fourth-order valence-corrected chi connectivity index (χ4v) is 4.69. The first-order chi connectivity index (χ1) is 12.0. The van der Waals surface area contributed by atoms with Gasteiger partial charge in [-0.2, -0.15) is 0 Å². The average Bonchev–Trinajstić information content (AvgIpc) is 2.61. The minimum absolute atomic E-state index is 0.00906. The van der Waals surface area contributed by atoms with Crippen molar-refractivity contribution < 1.29 is 13.2 Å². The molecule has 5 nitrogen and oxygen atoms in total. The van der Waals surface area contributed by atoms with Crippen LogP contribution in [0.5, 0.6) is 0 Å². The maximum Gasteiger partial charge on any atom is 0.253 e. The lowest BCUT2D eigenvalue weighted by Crippen LogP contribution is -2.36. The molecule has 25 heavy (non-hydrogen) atoms. The molecule has 0 spiro atoms. The predicted molar refractivity (Wildman–Crippen MR) is 100 cm³/mol. The van der Waals surface area contributed by atoms with E-state index in [0.29, 0.717) is 18.7 Å². The largest absolute Gasteiger partial charge is 0.339 e. The van der Waals surface area contributed by atoms with Crippen LogP contribution >= 0.6 is 0 Å². The van der Waals surface area contributed by atoms with Gasteiger partial charge in [0, 0.05) is 24.7 Å². The topological polar surface area (TPSA) is 66.5 Å². The second-order valence-corrected chi connectivity index (χ2v) is 8.49. The number of benzene rings is 1. The Morgan fingerprint density at radius 2 is 1.76 bits per heavy atom. The first kappa shape index (κ1) is 19.9. The number of nitrogens with zero attached hydrogens (tertiary/aromatic N) is 1. The first-order valence-corrected chi connectivity index (χ1v) is 10.9. The maximum absolute atomic E-state index is 12.7. The Balaban J connectivity index is 2.17. The smallest absolute Gasteiger partial charge is 0.253 e. The lowest BCUT2D eigenvalue weighted by Gasteiger charge is -2.23. The van der Waals surface area contributed by atoms with Crippen LogP contribution in [0.1, 0.15) is 69.2 Å². The Kier molecular flexibility index (Phi) is 7.44. The fraction of sp³-hybridized carbons (Fsp3) is 0.632. The standard InChI is InChI=1S/C19H30N2O3S/c1-3-13-21(14-4-2)19(22)16-9-8-12-18(15-16)25(23,24)20-17-10-6-5-7-11-17/h8-9,12,15,17,20H,3-7,10-11,13-14H2,1-2H3. The van der Waals surface area contributed by atoms with Gasteiger partial charge in [0.05, 0.1) is 4.90 Å². The highest BCUT2D eigenvalue weighted by Crippen LogP contribution is 2.20. The van der Waals surface area contributed by atoms with Crippen LogP contribution in [0, 0.1) is 0 Å². The summed E-state index contributed by atoms with van der Waals surface area (Å²) in [6.45, 7) is 5.43. The normalized spacial score (nSPS) is 15.9. The molecule has 0 bridgehead atoms. The van der Waals surface area contributed by atoms with E-state index in [-0.39, 0.29) is 16.8 Å². The predicted octanol–water partition coefficient (Wildman–Crippen LogP) is 3.56. The van der Waals surface area contributed by atoms with Crippen molar-refractivity contribution in [3.63, 3.8) is 0 Å². The molecule has 1 aliphatic carbocycles. The van der Waals surface area contributed by atoms with Crippen LogP contribution in [0.3, 0.4) is 0 Å². The Hall–Kier alpha value is -1.40. The summed E-state index contributed by atoms with van der Waals surface area (Å²) in [5.41, 5.74) is 0.438. The SMILES string of the molecule is CCCN(CCC)C(=O)c1cccc(S(=O)(=O)NC2CCCCC2)c1. The van der Waals surface area contributed by atoms with Gasteiger partial charge in [-0.15, -0.1) is 0 Å². The molecule has 0 atom stereocenters. The summed E-state index contributed by atoms with van der Waals surface area (Å²) in [6.07, 6.45) is 6.84. The molecule has 1 aromatic carbocycles. The van der Waals surface area contributed by atoms with Crippen LogP contribution in [0.4, 0.5) is 0 Å². The van der Waals surface area contributed by atoms with Crippen molar-refractivity contribution in [3.8, 4) is 0 Å². The van der Waals surface area contributed by atoms with E-state index in [2.05, 4.69) is 4.72 Å². The molecule has 0 unspecified atom stereocenters. The summed E-state index contributed by atoms with van der Waals surface area (Å²) >= 11 is 0. The van der Waals surface area contributed by atoms with Crippen molar-refractivity contribution >= 4 is 15.9 Å². The monoisotopic (exact) mass is 366 g/mol. The molecule has 2 rings (SSSR count). The molecule has 0 radical (unpaired) electrons. The number of hydrogen-bond donors (Lipinski definition) is 1. The fourth-order valence-electron chi connectivity index (χ4n) is 3.34. The summed E-state index contributed by atoms with van der Waals surface area (Å²) in [5, 5.41) is 0. The van der Waals surface area contributed by atoms with Crippen LogP contribution in [-0.2, 0) is 10.0 Å². The van der Waals surface area contributed by atoms with Gasteiger partial charge < -0.3 is 4.90 Å². The average molecular weight is 367 g/mol. The number of rotatable bonds is 8. The van der Waals surface area contributed by atoms with Crippen molar-refractivity contribution in [2.45, 2.75) is 69.7 Å². The van der Waals surface area contributed by atoms with Crippen LogP contribution in [0.25, 0.3) is 0 Å². The van der Waals surface area contributed by atoms with E-state index in [1.165, 1.54) is 12.5 Å². The van der Waals surface area contributed by atoms with Gasteiger partial charge in [-0.25, -0.2) is 13.1 Å². The Bertz CT molecular complexity index is 661. The number of hydrogen-bond acceptors (Lipinski definition) is 3. The molecule has 1 amide bonds. The zero-order chi connectivity index (χ0) is 18.3. The molecule has 1 fully saturated rings. The second-order valence-electron chi connectivity index (χ2n) is 6.78. The van der Waals surface area contributed by atoms with Gasteiger partial charge >= 0.3 is 0 Å². The van der Waals surface area contributed by atoms with Gasteiger partial charge in [-0.3, -0.25) is 4.79 Å². The van der Waals surface area contributed by atoms with Gasteiger partial charge in [0.25, 0.3) is 5.91 Å². The molecule has 6 heteroatoms. The number of sulfonamides is 1. The molecule has 140 valence electrons. The van der Waals surface area contributed by atoms with Gasteiger partial charge in [-0.1, -0.05) is 39.2 Å². The van der Waals surface area contributed by atoms with E-state index < -0.39 is 10.0 Å². The van der Waals surface area contributed by atoms with E-state index in [4.69, 9.17) is 0 Å².